The molecule has 1 aliphatic rings. The van der Waals surface area contributed by atoms with E-state index < -0.39 is 27.8 Å². The molecule has 2 rings (SSSR count). The summed E-state index contributed by atoms with van der Waals surface area (Å²) in [6.07, 6.45) is 0.300. The Kier molecular flexibility index (Phi) is 4.85. The third-order valence-electron chi connectivity index (χ3n) is 3.86. The number of nitrogens with zero attached hydrogens (tertiary/aromatic N) is 1. The van der Waals surface area contributed by atoms with Gasteiger partial charge in [-0.05, 0) is 12.0 Å². The van der Waals surface area contributed by atoms with E-state index in [1.807, 2.05) is 6.07 Å². The Balaban J connectivity index is 2.24. The van der Waals surface area contributed by atoms with E-state index in [0.29, 0.717) is 12.0 Å². The molecule has 0 spiro atoms. The predicted molar refractivity (Wildman–Crippen MR) is 80.7 cm³/mol. The average molecular weight is 325 g/mol. The lowest BCUT2D eigenvalue weighted by Crippen LogP contribution is -2.40. The van der Waals surface area contributed by atoms with Gasteiger partial charge >= 0.3 is 5.97 Å². The second-order valence-corrected chi connectivity index (χ2v) is 7.61. The summed E-state index contributed by atoms with van der Waals surface area (Å²) in [6.45, 7) is 0. The van der Waals surface area contributed by atoms with Gasteiger partial charge in [-0.1, -0.05) is 30.3 Å². The van der Waals surface area contributed by atoms with Gasteiger partial charge in [0.1, 0.15) is 0 Å². The molecule has 0 unspecified atom stereocenters. The first-order valence-electron chi connectivity index (χ1n) is 6.95. The molecule has 0 aliphatic carbocycles. The highest BCUT2D eigenvalue weighted by molar-refractivity contribution is 7.91. The van der Waals surface area contributed by atoms with Gasteiger partial charge in [0.2, 0.25) is 5.91 Å². The van der Waals surface area contributed by atoms with Crippen LogP contribution in [-0.4, -0.2) is 50.9 Å². The molecule has 1 fully saturated rings. The molecule has 1 aromatic carbocycles. The minimum Gasteiger partial charge on any atom is -0.467 e. The minimum atomic E-state index is -3.15. The Labute approximate surface area is 130 Å². The second kappa shape index (κ2) is 6.48. The number of rotatable bonds is 4. The van der Waals surface area contributed by atoms with Gasteiger partial charge in [0, 0.05) is 7.05 Å². The molecular formula is C15H19NO5S. The minimum absolute atomic E-state index is 0.0193. The number of methoxy groups -OCH3 is 1. The highest BCUT2D eigenvalue weighted by Crippen LogP contribution is 2.26. The van der Waals surface area contributed by atoms with Crippen LogP contribution in [0.4, 0.5) is 0 Å². The van der Waals surface area contributed by atoms with E-state index in [2.05, 4.69) is 0 Å². The smallest absolute Gasteiger partial charge is 0.333 e. The molecule has 1 aliphatic heterocycles. The SMILES string of the molecule is COC(=O)[C@H](c1ccccc1)N(C)C(=O)[C@H]1CCS(=O)(=O)C1. The largest absolute Gasteiger partial charge is 0.467 e. The fraction of sp³-hybridized carbons (Fsp3) is 0.467. The Hall–Kier alpha value is -1.89. The molecule has 1 amide bonds. The van der Waals surface area contributed by atoms with E-state index in [9.17, 15) is 18.0 Å². The number of hydrogen-bond acceptors (Lipinski definition) is 5. The predicted octanol–water partition coefficient (Wildman–Crippen LogP) is 0.794. The Bertz CT molecular complexity index is 656. The number of sulfone groups is 1. The molecule has 6 nitrogen and oxygen atoms in total. The van der Waals surface area contributed by atoms with Crippen molar-refractivity contribution in [2.75, 3.05) is 25.7 Å². The van der Waals surface area contributed by atoms with Gasteiger partial charge in [0.15, 0.2) is 15.9 Å². The van der Waals surface area contributed by atoms with Crippen LogP contribution in [0.1, 0.15) is 18.0 Å². The highest BCUT2D eigenvalue weighted by atomic mass is 32.2. The molecule has 0 bridgehead atoms. The number of likely N-dealkylation sites (N-methyl/N-ethyl adjacent to an activating group) is 1. The molecule has 2 atom stereocenters. The van der Waals surface area contributed by atoms with Crippen molar-refractivity contribution in [2.24, 2.45) is 5.92 Å². The molecule has 1 aromatic rings. The number of hydrogen-bond donors (Lipinski definition) is 0. The Morgan fingerprint density at radius 1 is 1.27 bits per heavy atom. The highest BCUT2D eigenvalue weighted by Gasteiger charge is 2.38. The van der Waals surface area contributed by atoms with Crippen LogP contribution in [-0.2, 0) is 24.2 Å². The Morgan fingerprint density at radius 2 is 1.91 bits per heavy atom. The number of ether oxygens (including phenoxy) is 1. The summed E-state index contributed by atoms with van der Waals surface area (Å²) < 4.78 is 27.9. The molecule has 0 saturated carbocycles. The number of amides is 1. The molecular weight excluding hydrogens is 306 g/mol. The van der Waals surface area contributed by atoms with E-state index in [0.717, 1.165) is 0 Å². The van der Waals surface area contributed by atoms with Crippen molar-refractivity contribution in [3.8, 4) is 0 Å². The van der Waals surface area contributed by atoms with Crippen molar-refractivity contribution in [1.29, 1.82) is 0 Å². The van der Waals surface area contributed by atoms with Gasteiger partial charge in [-0.3, -0.25) is 4.79 Å². The standard InChI is InChI=1S/C15H19NO5S/c1-16(14(17)12-8-9-22(19,20)10-12)13(15(18)21-2)11-6-4-3-5-7-11/h3-7,12-13H,8-10H2,1-2H3/t12-,13-/m0/s1. The molecule has 1 heterocycles. The van der Waals surface area contributed by atoms with Crippen LogP contribution in [0.2, 0.25) is 0 Å². The zero-order valence-corrected chi connectivity index (χ0v) is 13.4. The Morgan fingerprint density at radius 3 is 2.41 bits per heavy atom. The molecule has 22 heavy (non-hydrogen) atoms. The van der Waals surface area contributed by atoms with Crippen molar-refractivity contribution in [3.63, 3.8) is 0 Å². The van der Waals surface area contributed by atoms with Crippen LogP contribution in [0.15, 0.2) is 30.3 Å². The van der Waals surface area contributed by atoms with E-state index in [4.69, 9.17) is 4.74 Å². The van der Waals surface area contributed by atoms with Crippen molar-refractivity contribution in [2.45, 2.75) is 12.5 Å². The quantitative estimate of drug-likeness (QED) is 0.765. The first-order valence-corrected chi connectivity index (χ1v) is 8.77. The number of benzene rings is 1. The molecule has 120 valence electrons. The van der Waals surface area contributed by atoms with Gasteiger partial charge in [0.05, 0.1) is 24.5 Å². The monoisotopic (exact) mass is 325 g/mol. The summed E-state index contributed by atoms with van der Waals surface area (Å²) in [6, 6.07) is 7.94. The van der Waals surface area contributed by atoms with Crippen LogP contribution in [0.3, 0.4) is 0 Å². The van der Waals surface area contributed by atoms with Gasteiger partial charge in [0.25, 0.3) is 0 Å². The third-order valence-corrected chi connectivity index (χ3v) is 5.62. The summed E-state index contributed by atoms with van der Waals surface area (Å²) in [5.74, 6) is -1.63. The van der Waals surface area contributed by atoms with Crippen LogP contribution in [0.5, 0.6) is 0 Å². The summed E-state index contributed by atoms with van der Waals surface area (Å²) >= 11 is 0. The lowest BCUT2D eigenvalue weighted by molar-refractivity contribution is -0.153. The van der Waals surface area contributed by atoms with Crippen LogP contribution >= 0.6 is 0 Å². The van der Waals surface area contributed by atoms with Crippen LogP contribution < -0.4 is 0 Å². The lowest BCUT2D eigenvalue weighted by atomic mass is 10.0. The van der Waals surface area contributed by atoms with Crippen molar-refractivity contribution in [3.05, 3.63) is 35.9 Å². The van der Waals surface area contributed by atoms with Crippen molar-refractivity contribution in [1.82, 2.24) is 4.90 Å². The topological polar surface area (TPSA) is 80.8 Å². The first kappa shape index (κ1) is 16.5. The number of carbonyl (C=O) groups is 2. The number of carbonyl (C=O) groups excluding carboxylic acids is 2. The third kappa shape index (κ3) is 3.47. The summed E-state index contributed by atoms with van der Waals surface area (Å²) in [5.41, 5.74) is 0.631. The van der Waals surface area contributed by atoms with E-state index in [1.54, 1.807) is 24.3 Å². The molecule has 1 saturated heterocycles. The van der Waals surface area contributed by atoms with Gasteiger partial charge in [-0.2, -0.15) is 0 Å². The summed E-state index contributed by atoms with van der Waals surface area (Å²) in [4.78, 5) is 25.9. The summed E-state index contributed by atoms with van der Waals surface area (Å²) in [7, 11) is -0.391. The van der Waals surface area contributed by atoms with Gasteiger partial charge in [-0.25, -0.2) is 13.2 Å². The summed E-state index contributed by atoms with van der Waals surface area (Å²) in [5, 5.41) is 0. The van der Waals surface area contributed by atoms with Gasteiger partial charge < -0.3 is 9.64 Å². The lowest BCUT2D eigenvalue weighted by Gasteiger charge is -2.28. The zero-order chi connectivity index (χ0) is 16.3. The van der Waals surface area contributed by atoms with E-state index in [1.165, 1.54) is 19.1 Å². The second-order valence-electron chi connectivity index (χ2n) is 5.39. The van der Waals surface area contributed by atoms with E-state index >= 15 is 0 Å². The molecule has 0 radical (unpaired) electrons. The fourth-order valence-electron chi connectivity index (χ4n) is 2.67. The molecule has 0 aromatic heterocycles. The van der Waals surface area contributed by atoms with E-state index in [-0.39, 0.29) is 17.4 Å². The maximum absolute atomic E-state index is 12.5. The maximum atomic E-state index is 12.5. The average Bonchev–Trinajstić information content (AvgIpc) is 2.87. The van der Waals surface area contributed by atoms with Crippen molar-refractivity contribution < 1.29 is 22.7 Å². The normalized spacial score (nSPS) is 21.1. The molecule has 7 heteroatoms. The van der Waals surface area contributed by atoms with Gasteiger partial charge in [-0.15, -0.1) is 0 Å². The van der Waals surface area contributed by atoms with Crippen LogP contribution in [0, 0.1) is 5.92 Å². The zero-order valence-electron chi connectivity index (χ0n) is 12.6. The van der Waals surface area contributed by atoms with Crippen LogP contribution in [0.25, 0.3) is 0 Å². The van der Waals surface area contributed by atoms with Crippen molar-refractivity contribution >= 4 is 21.7 Å². The molecule has 0 N–H and O–H groups in total. The first-order chi connectivity index (χ1) is 10.4. The fourth-order valence-corrected chi connectivity index (χ4v) is 4.40. The maximum Gasteiger partial charge on any atom is 0.333 e. The number of esters is 1.